The van der Waals surface area contributed by atoms with Gasteiger partial charge < -0.3 is 9.73 Å². The molecule has 0 unspecified atom stereocenters. The molecule has 0 saturated carbocycles. The van der Waals surface area contributed by atoms with Crippen molar-refractivity contribution in [3.05, 3.63) is 43.1 Å². The van der Waals surface area contributed by atoms with Gasteiger partial charge >= 0.3 is 0 Å². The van der Waals surface area contributed by atoms with E-state index in [1.54, 1.807) is 18.7 Å². The molecule has 98 valence electrons. The summed E-state index contributed by atoms with van der Waals surface area (Å²) in [5.41, 5.74) is 0.859. The van der Waals surface area contributed by atoms with Crippen molar-refractivity contribution in [1.82, 2.24) is 14.8 Å². The van der Waals surface area contributed by atoms with Crippen LogP contribution >= 0.6 is 0 Å². The maximum Gasteiger partial charge on any atom is 0.139 e. The van der Waals surface area contributed by atoms with Gasteiger partial charge in [-0.3, -0.25) is 4.68 Å². The van der Waals surface area contributed by atoms with Crippen LogP contribution in [0, 0.1) is 5.92 Å². The van der Waals surface area contributed by atoms with Gasteiger partial charge in [-0.05, 0) is 24.1 Å². The standard InChI is InChI=1S/C14H16N4O/c1-11(10-18-7-2-5-17-18)9-16-14-12-4-8-19-13(12)3-6-15-14/h2-8,11H,9-10H2,1H3,(H,15,16)/t11-/m0/s1. The summed E-state index contributed by atoms with van der Waals surface area (Å²) in [7, 11) is 0. The summed E-state index contributed by atoms with van der Waals surface area (Å²) in [4.78, 5) is 4.35. The third-order valence-electron chi connectivity index (χ3n) is 3.06. The maximum absolute atomic E-state index is 5.36. The Kier molecular flexibility index (Phi) is 3.18. The van der Waals surface area contributed by atoms with Crippen molar-refractivity contribution in [2.24, 2.45) is 5.92 Å². The van der Waals surface area contributed by atoms with E-state index >= 15 is 0 Å². The lowest BCUT2D eigenvalue weighted by Gasteiger charge is -2.13. The molecule has 3 rings (SSSR count). The van der Waals surface area contributed by atoms with Crippen molar-refractivity contribution in [3.8, 4) is 0 Å². The van der Waals surface area contributed by atoms with E-state index in [1.807, 2.05) is 29.1 Å². The zero-order chi connectivity index (χ0) is 13.1. The molecule has 3 aromatic heterocycles. The molecule has 0 aliphatic heterocycles. The number of nitrogens with one attached hydrogen (secondary N) is 1. The summed E-state index contributed by atoms with van der Waals surface area (Å²) in [5.74, 6) is 1.34. The van der Waals surface area contributed by atoms with E-state index in [4.69, 9.17) is 4.42 Å². The van der Waals surface area contributed by atoms with Gasteiger partial charge in [0.1, 0.15) is 11.4 Å². The Bertz CT molecular complexity index is 644. The highest BCUT2D eigenvalue weighted by Gasteiger charge is 2.07. The third kappa shape index (κ3) is 2.59. The van der Waals surface area contributed by atoms with Gasteiger partial charge in [0.25, 0.3) is 0 Å². The number of aromatic nitrogens is 3. The summed E-state index contributed by atoms with van der Waals surface area (Å²) < 4.78 is 7.30. The normalized spacial score (nSPS) is 12.7. The van der Waals surface area contributed by atoms with Crippen LogP contribution in [0.3, 0.4) is 0 Å². The van der Waals surface area contributed by atoms with E-state index in [0.717, 1.165) is 29.9 Å². The van der Waals surface area contributed by atoms with Crippen molar-refractivity contribution in [3.63, 3.8) is 0 Å². The van der Waals surface area contributed by atoms with E-state index in [1.165, 1.54) is 0 Å². The molecule has 0 radical (unpaired) electrons. The van der Waals surface area contributed by atoms with Crippen LogP contribution in [0.2, 0.25) is 0 Å². The zero-order valence-electron chi connectivity index (χ0n) is 10.8. The molecule has 0 saturated heterocycles. The summed E-state index contributed by atoms with van der Waals surface area (Å²) in [6.07, 6.45) is 7.22. The van der Waals surface area contributed by atoms with Gasteiger partial charge in [0, 0.05) is 31.7 Å². The van der Waals surface area contributed by atoms with Crippen molar-refractivity contribution in [2.45, 2.75) is 13.5 Å². The molecule has 5 heteroatoms. The molecule has 1 atom stereocenters. The van der Waals surface area contributed by atoms with Gasteiger partial charge in [-0.25, -0.2) is 4.98 Å². The fourth-order valence-corrected chi connectivity index (χ4v) is 2.10. The highest BCUT2D eigenvalue weighted by atomic mass is 16.3. The molecular formula is C14H16N4O. The number of pyridine rings is 1. The van der Waals surface area contributed by atoms with Gasteiger partial charge in [-0.15, -0.1) is 0 Å². The van der Waals surface area contributed by atoms with Crippen molar-refractivity contribution in [1.29, 1.82) is 0 Å². The molecule has 0 spiro atoms. The maximum atomic E-state index is 5.36. The first-order chi connectivity index (χ1) is 9.33. The SMILES string of the molecule is C[C@@H](CNc1nccc2occc12)Cn1cccn1. The fourth-order valence-electron chi connectivity index (χ4n) is 2.10. The first-order valence-electron chi connectivity index (χ1n) is 6.36. The molecule has 0 aliphatic rings. The fraction of sp³-hybridized carbons (Fsp3) is 0.286. The predicted molar refractivity (Wildman–Crippen MR) is 73.9 cm³/mol. The number of hydrogen-bond donors (Lipinski definition) is 1. The number of nitrogens with zero attached hydrogens (tertiary/aromatic N) is 3. The minimum atomic E-state index is 0.462. The van der Waals surface area contributed by atoms with E-state index in [0.29, 0.717) is 5.92 Å². The van der Waals surface area contributed by atoms with Crippen LogP contribution in [-0.2, 0) is 6.54 Å². The van der Waals surface area contributed by atoms with Gasteiger partial charge in [-0.2, -0.15) is 5.10 Å². The Morgan fingerprint density at radius 3 is 3.16 bits per heavy atom. The van der Waals surface area contributed by atoms with Crippen molar-refractivity contribution >= 4 is 16.8 Å². The lowest BCUT2D eigenvalue weighted by Crippen LogP contribution is -2.17. The average molecular weight is 256 g/mol. The zero-order valence-corrected chi connectivity index (χ0v) is 10.8. The van der Waals surface area contributed by atoms with Crippen LogP contribution < -0.4 is 5.32 Å². The highest BCUT2D eigenvalue weighted by molar-refractivity contribution is 5.87. The molecule has 5 nitrogen and oxygen atoms in total. The van der Waals surface area contributed by atoms with Crippen LogP contribution in [0.5, 0.6) is 0 Å². The molecule has 0 fully saturated rings. The van der Waals surface area contributed by atoms with E-state index in [2.05, 4.69) is 22.3 Å². The molecular weight excluding hydrogens is 240 g/mol. The monoisotopic (exact) mass is 256 g/mol. The number of rotatable bonds is 5. The minimum Gasteiger partial charge on any atom is -0.464 e. The van der Waals surface area contributed by atoms with E-state index < -0.39 is 0 Å². The predicted octanol–water partition coefficient (Wildman–Crippen LogP) is 2.77. The third-order valence-corrected chi connectivity index (χ3v) is 3.06. The van der Waals surface area contributed by atoms with Crippen LogP contribution in [0.15, 0.2) is 47.5 Å². The Morgan fingerprint density at radius 2 is 2.32 bits per heavy atom. The minimum absolute atomic E-state index is 0.462. The van der Waals surface area contributed by atoms with Crippen molar-refractivity contribution < 1.29 is 4.42 Å². The molecule has 19 heavy (non-hydrogen) atoms. The Balaban J connectivity index is 1.64. The number of hydrogen-bond acceptors (Lipinski definition) is 4. The first kappa shape index (κ1) is 11.8. The summed E-state index contributed by atoms with van der Waals surface area (Å²) in [6, 6.07) is 5.74. The topological polar surface area (TPSA) is 55.9 Å². The summed E-state index contributed by atoms with van der Waals surface area (Å²) >= 11 is 0. The van der Waals surface area contributed by atoms with E-state index in [-0.39, 0.29) is 0 Å². The van der Waals surface area contributed by atoms with Crippen LogP contribution in [0.25, 0.3) is 11.0 Å². The quantitative estimate of drug-likeness (QED) is 0.762. The molecule has 1 N–H and O–H groups in total. The van der Waals surface area contributed by atoms with Crippen LogP contribution in [0.1, 0.15) is 6.92 Å². The van der Waals surface area contributed by atoms with Gasteiger partial charge in [0.2, 0.25) is 0 Å². The second-order valence-corrected chi connectivity index (χ2v) is 4.71. The van der Waals surface area contributed by atoms with Crippen LogP contribution in [0.4, 0.5) is 5.82 Å². The van der Waals surface area contributed by atoms with Gasteiger partial charge in [0.05, 0.1) is 11.6 Å². The second kappa shape index (κ2) is 5.14. The molecule has 0 aromatic carbocycles. The molecule has 3 aromatic rings. The molecule has 3 heterocycles. The van der Waals surface area contributed by atoms with Gasteiger partial charge in [-0.1, -0.05) is 6.92 Å². The summed E-state index contributed by atoms with van der Waals surface area (Å²) in [5, 5.41) is 8.61. The number of fused-ring (bicyclic) bond motifs is 1. The number of furan rings is 1. The second-order valence-electron chi connectivity index (χ2n) is 4.71. The highest BCUT2D eigenvalue weighted by Crippen LogP contribution is 2.21. The lowest BCUT2D eigenvalue weighted by atomic mass is 10.2. The Morgan fingerprint density at radius 1 is 1.37 bits per heavy atom. The largest absolute Gasteiger partial charge is 0.464 e. The lowest BCUT2D eigenvalue weighted by molar-refractivity contribution is 0.467. The summed E-state index contributed by atoms with van der Waals surface area (Å²) in [6.45, 7) is 3.92. The smallest absolute Gasteiger partial charge is 0.139 e. The van der Waals surface area contributed by atoms with E-state index in [9.17, 15) is 0 Å². The van der Waals surface area contributed by atoms with Crippen LogP contribution in [-0.4, -0.2) is 21.3 Å². The molecule has 0 aliphatic carbocycles. The first-order valence-corrected chi connectivity index (χ1v) is 6.36. The number of anilines is 1. The Labute approximate surface area is 111 Å². The molecule has 0 bridgehead atoms. The molecule has 0 amide bonds. The van der Waals surface area contributed by atoms with Crippen molar-refractivity contribution in [2.75, 3.05) is 11.9 Å². The average Bonchev–Trinajstić information content (AvgIpc) is 3.06. The van der Waals surface area contributed by atoms with Gasteiger partial charge in [0.15, 0.2) is 0 Å². The Hall–Kier alpha value is -2.30.